The number of halogens is 3. The van der Waals surface area contributed by atoms with Crippen LogP contribution in [0, 0.1) is 11.3 Å². The van der Waals surface area contributed by atoms with Crippen molar-refractivity contribution in [2.24, 2.45) is 0 Å². The Morgan fingerprint density at radius 2 is 1.74 bits per heavy atom. The number of hydrogen-bond acceptors (Lipinski definition) is 5. The number of fused-ring (bicyclic) bond motifs is 1. The predicted molar refractivity (Wildman–Crippen MR) is 129 cm³/mol. The third kappa shape index (κ3) is 4.78. The van der Waals surface area contributed by atoms with E-state index in [1.807, 2.05) is 29.0 Å². The summed E-state index contributed by atoms with van der Waals surface area (Å²) in [7, 11) is 0. The maximum atomic E-state index is 12.9. The van der Waals surface area contributed by atoms with E-state index in [4.69, 9.17) is 0 Å². The molecule has 1 aliphatic carbocycles. The second-order valence-electron chi connectivity index (χ2n) is 8.67. The molecule has 0 saturated heterocycles. The fourth-order valence-electron chi connectivity index (χ4n) is 4.50. The van der Waals surface area contributed by atoms with Crippen molar-refractivity contribution < 1.29 is 13.2 Å². The Labute approximate surface area is 200 Å². The van der Waals surface area contributed by atoms with Crippen LogP contribution in [0.25, 0.3) is 16.7 Å². The number of nitrogens with zero attached hydrogens (tertiary/aromatic N) is 4. The molecule has 0 unspecified atom stereocenters. The molecule has 0 amide bonds. The molecule has 6 nitrogen and oxygen atoms in total. The lowest BCUT2D eigenvalue weighted by atomic mass is 9.95. The summed E-state index contributed by atoms with van der Waals surface area (Å²) < 4.78 is 40.5. The number of nitrogens with one attached hydrogen (secondary N) is 2. The standard InChI is InChI=1S/C26H23F3N6/c27-26(28,29)18-7-9-20(10-8-18)34-24-22-12-13-35(25(22)32-16-31-24)21-11-6-17(15-30)23(14-21)33-19-4-2-1-3-5-19/h6-14,16,19,33H,1-5H2,(H,31,32,34). The first-order valence-corrected chi connectivity index (χ1v) is 11.5. The Hall–Kier alpha value is -4.06. The zero-order valence-corrected chi connectivity index (χ0v) is 18.8. The summed E-state index contributed by atoms with van der Waals surface area (Å²) >= 11 is 0. The van der Waals surface area contributed by atoms with Gasteiger partial charge in [0.2, 0.25) is 0 Å². The Morgan fingerprint density at radius 3 is 2.46 bits per heavy atom. The van der Waals surface area contributed by atoms with E-state index in [2.05, 4.69) is 26.7 Å². The lowest BCUT2D eigenvalue weighted by Crippen LogP contribution is -2.22. The molecule has 2 heterocycles. The monoisotopic (exact) mass is 476 g/mol. The summed E-state index contributed by atoms with van der Waals surface area (Å²) in [6, 6.07) is 14.9. The summed E-state index contributed by atoms with van der Waals surface area (Å²) in [6.07, 6.45) is 4.70. The van der Waals surface area contributed by atoms with Crippen LogP contribution in [0.2, 0.25) is 0 Å². The van der Waals surface area contributed by atoms with Crippen LogP contribution in [-0.4, -0.2) is 20.6 Å². The van der Waals surface area contributed by atoms with Gasteiger partial charge in [-0.15, -0.1) is 0 Å². The third-order valence-electron chi connectivity index (χ3n) is 6.32. The first-order chi connectivity index (χ1) is 16.9. The number of anilines is 3. The Kier molecular flexibility index (Phi) is 6.03. The second kappa shape index (κ2) is 9.29. The van der Waals surface area contributed by atoms with Gasteiger partial charge in [0, 0.05) is 23.6 Å². The van der Waals surface area contributed by atoms with Crippen molar-refractivity contribution in [1.82, 2.24) is 14.5 Å². The molecule has 1 fully saturated rings. The molecule has 1 saturated carbocycles. The van der Waals surface area contributed by atoms with Gasteiger partial charge in [0.1, 0.15) is 23.9 Å². The van der Waals surface area contributed by atoms with Crippen molar-refractivity contribution in [3.8, 4) is 11.8 Å². The van der Waals surface area contributed by atoms with E-state index >= 15 is 0 Å². The second-order valence-corrected chi connectivity index (χ2v) is 8.67. The topological polar surface area (TPSA) is 78.6 Å². The first kappa shape index (κ1) is 22.7. The van der Waals surface area contributed by atoms with E-state index in [0.29, 0.717) is 28.8 Å². The lowest BCUT2D eigenvalue weighted by molar-refractivity contribution is -0.137. The molecule has 9 heteroatoms. The van der Waals surface area contributed by atoms with Crippen LogP contribution in [0.4, 0.5) is 30.4 Å². The van der Waals surface area contributed by atoms with Crippen LogP contribution in [-0.2, 0) is 6.18 Å². The van der Waals surface area contributed by atoms with Crippen LogP contribution in [0.15, 0.2) is 61.1 Å². The summed E-state index contributed by atoms with van der Waals surface area (Å²) in [5.74, 6) is 0.489. The average Bonchev–Trinajstić information content (AvgIpc) is 3.30. The normalized spacial score (nSPS) is 14.6. The SMILES string of the molecule is N#Cc1ccc(-n2ccc3c(Nc4ccc(C(F)(F)F)cc4)ncnc32)cc1NC1CCCCC1. The van der Waals surface area contributed by atoms with Crippen LogP contribution in [0.5, 0.6) is 0 Å². The molecule has 2 N–H and O–H groups in total. The van der Waals surface area contributed by atoms with Gasteiger partial charge in [-0.3, -0.25) is 0 Å². The zero-order valence-electron chi connectivity index (χ0n) is 18.8. The highest BCUT2D eigenvalue weighted by Crippen LogP contribution is 2.32. The number of nitriles is 1. The molecule has 35 heavy (non-hydrogen) atoms. The van der Waals surface area contributed by atoms with Gasteiger partial charge in [0.05, 0.1) is 22.2 Å². The van der Waals surface area contributed by atoms with Gasteiger partial charge in [-0.2, -0.15) is 18.4 Å². The van der Waals surface area contributed by atoms with Crippen molar-refractivity contribution in [2.75, 3.05) is 10.6 Å². The number of benzene rings is 2. The third-order valence-corrected chi connectivity index (χ3v) is 6.32. The molecule has 2 aromatic heterocycles. The number of rotatable bonds is 5. The predicted octanol–water partition coefficient (Wildman–Crippen LogP) is 6.80. The quantitative estimate of drug-likeness (QED) is 0.331. The summed E-state index contributed by atoms with van der Waals surface area (Å²) in [5, 5.41) is 16.9. The maximum Gasteiger partial charge on any atom is 0.416 e. The van der Waals surface area contributed by atoms with Crippen molar-refractivity contribution in [1.29, 1.82) is 5.26 Å². The number of alkyl halides is 3. The molecule has 0 aliphatic heterocycles. The number of hydrogen-bond donors (Lipinski definition) is 2. The average molecular weight is 477 g/mol. The molecule has 5 rings (SSSR count). The van der Waals surface area contributed by atoms with E-state index in [9.17, 15) is 18.4 Å². The van der Waals surface area contributed by atoms with E-state index in [-0.39, 0.29) is 0 Å². The molecule has 178 valence electrons. The molecule has 0 bridgehead atoms. The van der Waals surface area contributed by atoms with E-state index in [0.717, 1.165) is 41.7 Å². The van der Waals surface area contributed by atoms with Gasteiger partial charge in [-0.25, -0.2) is 9.97 Å². The molecule has 0 atom stereocenters. The smallest absolute Gasteiger partial charge is 0.381 e. The van der Waals surface area contributed by atoms with E-state index < -0.39 is 11.7 Å². The summed E-state index contributed by atoms with van der Waals surface area (Å²) in [6.45, 7) is 0. The van der Waals surface area contributed by atoms with Gasteiger partial charge in [-0.1, -0.05) is 19.3 Å². The largest absolute Gasteiger partial charge is 0.416 e. The highest BCUT2D eigenvalue weighted by atomic mass is 19.4. The number of aromatic nitrogens is 3. The Morgan fingerprint density at radius 1 is 0.971 bits per heavy atom. The summed E-state index contributed by atoms with van der Waals surface area (Å²) in [5.41, 5.74) is 2.66. The van der Waals surface area contributed by atoms with Crippen LogP contribution in [0.3, 0.4) is 0 Å². The molecule has 4 aromatic rings. The highest BCUT2D eigenvalue weighted by molar-refractivity contribution is 5.90. The van der Waals surface area contributed by atoms with Crippen molar-refractivity contribution >= 4 is 28.2 Å². The van der Waals surface area contributed by atoms with Gasteiger partial charge >= 0.3 is 6.18 Å². The van der Waals surface area contributed by atoms with Gasteiger partial charge in [-0.05, 0) is 61.4 Å². The highest BCUT2D eigenvalue weighted by Gasteiger charge is 2.30. The van der Waals surface area contributed by atoms with Crippen LogP contribution < -0.4 is 10.6 Å². The zero-order chi connectivity index (χ0) is 24.4. The van der Waals surface area contributed by atoms with E-state index in [1.54, 1.807) is 6.07 Å². The summed E-state index contributed by atoms with van der Waals surface area (Å²) in [4.78, 5) is 8.72. The van der Waals surface area contributed by atoms with Gasteiger partial charge in [0.15, 0.2) is 0 Å². The van der Waals surface area contributed by atoms with Crippen LogP contribution >= 0.6 is 0 Å². The fraction of sp³-hybridized carbons (Fsp3) is 0.269. The van der Waals surface area contributed by atoms with Crippen molar-refractivity contribution in [2.45, 2.75) is 44.3 Å². The minimum atomic E-state index is -4.39. The van der Waals surface area contributed by atoms with E-state index in [1.165, 1.54) is 37.7 Å². The minimum Gasteiger partial charge on any atom is -0.381 e. The van der Waals surface area contributed by atoms with Crippen molar-refractivity contribution in [3.05, 3.63) is 72.2 Å². The van der Waals surface area contributed by atoms with Gasteiger partial charge in [0.25, 0.3) is 0 Å². The fourth-order valence-corrected chi connectivity index (χ4v) is 4.50. The molecule has 0 spiro atoms. The maximum absolute atomic E-state index is 12.9. The molecule has 2 aromatic carbocycles. The minimum absolute atomic E-state index is 0.356. The first-order valence-electron chi connectivity index (χ1n) is 11.5. The van der Waals surface area contributed by atoms with Gasteiger partial charge < -0.3 is 15.2 Å². The molecular formula is C26H23F3N6. The molecule has 0 radical (unpaired) electrons. The molecular weight excluding hydrogens is 453 g/mol. The molecule has 1 aliphatic rings. The van der Waals surface area contributed by atoms with Crippen LogP contribution in [0.1, 0.15) is 43.2 Å². The Balaban J connectivity index is 1.45. The van der Waals surface area contributed by atoms with Crippen molar-refractivity contribution in [3.63, 3.8) is 0 Å². The lowest BCUT2D eigenvalue weighted by Gasteiger charge is -2.24. The Bertz CT molecular complexity index is 1380.